The summed E-state index contributed by atoms with van der Waals surface area (Å²) >= 11 is 0. The number of para-hydroxylation sites is 2. The van der Waals surface area contributed by atoms with Crippen molar-refractivity contribution >= 4 is 22.0 Å². The zero-order valence-corrected chi connectivity index (χ0v) is 28.7. The third-order valence-electron chi connectivity index (χ3n) is 8.29. The van der Waals surface area contributed by atoms with E-state index in [4.69, 9.17) is 9.40 Å². The number of rotatable bonds is 5. The molecule has 0 fully saturated rings. The third kappa shape index (κ3) is 6.63. The van der Waals surface area contributed by atoms with Gasteiger partial charge in [0.15, 0.2) is 0 Å². The van der Waals surface area contributed by atoms with E-state index >= 15 is 0 Å². The smallest absolute Gasteiger partial charge is 0.0774 e. The van der Waals surface area contributed by atoms with E-state index in [0.717, 1.165) is 61.5 Å². The molecule has 237 valence electrons. The second-order valence-corrected chi connectivity index (χ2v) is 11.3. The predicted octanol–water partition coefficient (Wildman–Crippen LogP) is 11.1. The molecule has 0 bridgehead atoms. The summed E-state index contributed by atoms with van der Waals surface area (Å²) in [6, 6.07) is 60.7. The zero-order valence-electron chi connectivity index (χ0n) is 26.3. The Bertz CT molecular complexity index is 2380. The van der Waals surface area contributed by atoms with Gasteiger partial charge in [-0.05, 0) is 58.3 Å². The Morgan fingerprint density at radius 3 is 1.94 bits per heavy atom. The molecular formula is C44H29IrN3O-2. The van der Waals surface area contributed by atoms with E-state index in [9.17, 15) is 0 Å². The third-order valence-corrected chi connectivity index (χ3v) is 8.29. The van der Waals surface area contributed by atoms with Crippen LogP contribution in [0.3, 0.4) is 0 Å². The summed E-state index contributed by atoms with van der Waals surface area (Å²) in [6.45, 7) is 0. The normalized spacial score (nSPS) is 10.7. The van der Waals surface area contributed by atoms with Crippen LogP contribution in [0.2, 0.25) is 0 Å². The monoisotopic (exact) mass is 808 g/mol. The Morgan fingerprint density at radius 1 is 0.571 bits per heavy atom. The second-order valence-electron chi connectivity index (χ2n) is 11.3. The van der Waals surface area contributed by atoms with Gasteiger partial charge in [-0.25, -0.2) is 0 Å². The maximum atomic E-state index is 5.88. The molecule has 0 aliphatic heterocycles. The van der Waals surface area contributed by atoms with Crippen LogP contribution in [-0.4, -0.2) is 14.5 Å². The van der Waals surface area contributed by atoms with Crippen molar-refractivity contribution in [3.05, 3.63) is 188 Å². The standard InChI is InChI=1S/C33H21N2O.C11H8N.Ir/c1-3-9-23(10-4-1)25-15-18-27(19-16-25)35-31-14-8-7-13-30(31)34-33(35)29-22-36-32-20-17-26(21-28(29)32)24-11-5-2-6-12-24;1-2-6-10(7-3-1)11-8-4-5-9-12-11;/h1-21H;1-6,8-9H;/q2*-1;. The fourth-order valence-electron chi connectivity index (χ4n) is 5.91. The van der Waals surface area contributed by atoms with E-state index < -0.39 is 0 Å². The number of furan rings is 1. The van der Waals surface area contributed by atoms with Crippen molar-refractivity contribution in [2.45, 2.75) is 0 Å². The molecule has 0 aliphatic rings. The number of pyridine rings is 1. The Labute approximate surface area is 298 Å². The van der Waals surface area contributed by atoms with Crippen molar-refractivity contribution in [1.82, 2.24) is 14.5 Å². The Morgan fingerprint density at radius 2 is 1.22 bits per heavy atom. The average molecular weight is 808 g/mol. The van der Waals surface area contributed by atoms with Crippen molar-refractivity contribution in [1.29, 1.82) is 0 Å². The van der Waals surface area contributed by atoms with Crippen LogP contribution in [-0.2, 0) is 20.1 Å². The topological polar surface area (TPSA) is 43.9 Å². The first-order valence-electron chi connectivity index (χ1n) is 15.8. The van der Waals surface area contributed by atoms with Crippen LogP contribution in [0, 0.1) is 12.3 Å². The summed E-state index contributed by atoms with van der Waals surface area (Å²) in [4.78, 5) is 9.25. The van der Waals surface area contributed by atoms with E-state index in [1.165, 1.54) is 11.1 Å². The number of fused-ring (bicyclic) bond motifs is 2. The van der Waals surface area contributed by atoms with Gasteiger partial charge in [0.2, 0.25) is 0 Å². The van der Waals surface area contributed by atoms with E-state index in [1.54, 1.807) is 6.20 Å². The molecule has 0 amide bonds. The van der Waals surface area contributed by atoms with Crippen LogP contribution in [0.4, 0.5) is 0 Å². The maximum absolute atomic E-state index is 5.88. The molecule has 9 rings (SSSR count). The van der Waals surface area contributed by atoms with Crippen molar-refractivity contribution in [3.8, 4) is 50.6 Å². The fourth-order valence-corrected chi connectivity index (χ4v) is 5.91. The summed E-state index contributed by atoms with van der Waals surface area (Å²) in [7, 11) is 0. The molecule has 0 unspecified atom stereocenters. The quantitative estimate of drug-likeness (QED) is 0.163. The van der Waals surface area contributed by atoms with Gasteiger partial charge in [0.25, 0.3) is 0 Å². The van der Waals surface area contributed by atoms with Crippen LogP contribution in [0.5, 0.6) is 0 Å². The van der Waals surface area contributed by atoms with E-state index in [1.807, 2.05) is 78.9 Å². The summed E-state index contributed by atoms with van der Waals surface area (Å²) in [5.74, 6) is 0.813. The molecule has 6 aromatic carbocycles. The van der Waals surface area contributed by atoms with Gasteiger partial charge in [0.05, 0.1) is 16.9 Å². The van der Waals surface area contributed by atoms with E-state index in [2.05, 4.69) is 113 Å². The van der Waals surface area contributed by atoms with Gasteiger partial charge in [0.1, 0.15) is 0 Å². The number of hydrogen-bond acceptors (Lipinski definition) is 3. The molecule has 0 saturated heterocycles. The minimum absolute atomic E-state index is 0. The second kappa shape index (κ2) is 14.5. The predicted molar refractivity (Wildman–Crippen MR) is 194 cm³/mol. The molecule has 0 saturated carbocycles. The first-order chi connectivity index (χ1) is 23.8. The van der Waals surface area contributed by atoms with Gasteiger partial charge >= 0.3 is 0 Å². The van der Waals surface area contributed by atoms with Crippen LogP contribution in [0.15, 0.2) is 180 Å². The molecule has 0 atom stereocenters. The molecule has 0 spiro atoms. The van der Waals surface area contributed by atoms with Gasteiger partial charge in [0, 0.05) is 43.8 Å². The molecule has 5 heteroatoms. The fraction of sp³-hybridized carbons (Fsp3) is 0. The van der Waals surface area contributed by atoms with Crippen molar-refractivity contribution < 1.29 is 24.5 Å². The first kappa shape index (κ1) is 31.7. The number of nitrogens with zero attached hydrogens (tertiary/aromatic N) is 3. The number of imidazole rings is 1. The van der Waals surface area contributed by atoms with Crippen molar-refractivity contribution in [3.63, 3.8) is 0 Å². The molecule has 49 heavy (non-hydrogen) atoms. The minimum atomic E-state index is 0. The molecule has 3 heterocycles. The molecule has 0 N–H and O–H groups in total. The summed E-state index contributed by atoms with van der Waals surface area (Å²) in [6.07, 6.45) is 4.95. The SMILES string of the molecule is [Ir].[c-]1ccccc1-c1ccccn1.[c-]1oc2ccc(-c3ccccc3)cc2c1-c1nc2ccccc2n1-c1ccc(-c2ccccc2)cc1. The Hall–Kier alpha value is -5.87. The van der Waals surface area contributed by atoms with Crippen LogP contribution in [0.1, 0.15) is 0 Å². The molecule has 0 aliphatic carbocycles. The molecular weight excluding hydrogens is 779 g/mol. The Balaban J connectivity index is 0.000000246. The van der Waals surface area contributed by atoms with Gasteiger partial charge in [-0.15, -0.1) is 35.9 Å². The first-order valence-corrected chi connectivity index (χ1v) is 15.8. The summed E-state index contributed by atoms with van der Waals surface area (Å²) in [5, 5.41) is 0.994. The van der Waals surface area contributed by atoms with Crippen LogP contribution >= 0.6 is 0 Å². The van der Waals surface area contributed by atoms with Crippen LogP contribution < -0.4 is 0 Å². The molecule has 9 aromatic rings. The van der Waals surface area contributed by atoms with Crippen molar-refractivity contribution in [2.24, 2.45) is 0 Å². The largest absolute Gasteiger partial charge is 0.557 e. The summed E-state index contributed by atoms with van der Waals surface area (Å²) in [5.41, 5.74) is 11.3. The van der Waals surface area contributed by atoms with Gasteiger partial charge in [-0.3, -0.25) is 4.98 Å². The summed E-state index contributed by atoms with van der Waals surface area (Å²) < 4.78 is 8.07. The average Bonchev–Trinajstić information content (AvgIpc) is 3.78. The number of benzene rings is 6. The zero-order chi connectivity index (χ0) is 32.1. The van der Waals surface area contributed by atoms with E-state index in [0.29, 0.717) is 0 Å². The van der Waals surface area contributed by atoms with Gasteiger partial charge < -0.3 is 14.0 Å². The molecule has 3 aromatic heterocycles. The Kier molecular flexibility index (Phi) is 9.38. The van der Waals surface area contributed by atoms with Gasteiger partial charge in [-0.2, -0.15) is 0 Å². The maximum Gasteiger partial charge on any atom is 0.0774 e. The minimum Gasteiger partial charge on any atom is -0.557 e. The number of hydrogen-bond donors (Lipinski definition) is 0. The van der Waals surface area contributed by atoms with Crippen LogP contribution in [0.25, 0.3) is 72.6 Å². The molecule has 1 radical (unpaired) electrons. The van der Waals surface area contributed by atoms with Gasteiger partial charge in [-0.1, -0.05) is 126 Å². The number of aromatic nitrogens is 3. The van der Waals surface area contributed by atoms with E-state index in [-0.39, 0.29) is 20.1 Å². The van der Waals surface area contributed by atoms with Crippen molar-refractivity contribution in [2.75, 3.05) is 0 Å². The molecule has 4 nitrogen and oxygen atoms in total.